The molecule has 1 aliphatic rings. The third-order valence-electron chi connectivity index (χ3n) is 5.28. The lowest BCUT2D eigenvalue weighted by atomic mass is 10.0. The van der Waals surface area contributed by atoms with Gasteiger partial charge in [0.25, 0.3) is 0 Å². The molecule has 3 aromatic rings. The highest BCUT2D eigenvalue weighted by Crippen LogP contribution is 2.46. The normalized spacial score (nSPS) is 14.7. The Kier molecular flexibility index (Phi) is 4.44. The highest BCUT2D eigenvalue weighted by Gasteiger charge is 2.56. The van der Waals surface area contributed by atoms with Gasteiger partial charge < -0.3 is 15.6 Å². The number of hydrogen-bond donors (Lipinski definition) is 3. The molecule has 5 heteroatoms. The van der Waals surface area contributed by atoms with Crippen molar-refractivity contribution in [1.82, 2.24) is 10.3 Å². The van der Waals surface area contributed by atoms with Gasteiger partial charge in [-0.25, -0.2) is 0 Å². The van der Waals surface area contributed by atoms with Gasteiger partial charge in [0.15, 0.2) is 0 Å². The first-order valence-electron chi connectivity index (χ1n) is 9.30. The topological polar surface area (TPSA) is 74.0 Å². The van der Waals surface area contributed by atoms with Crippen molar-refractivity contribution in [3.8, 4) is 0 Å². The molecule has 3 N–H and O–H groups in total. The number of carbonyl (C=O) groups excluding carboxylic acids is 2. The average molecular weight is 361 g/mol. The van der Waals surface area contributed by atoms with Crippen molar-refractivity contribution in [2.75, 3.05) is 11.9 Å². The van der Waals surface area contributed by atoms with Crippen molar-refractivity contribution in [2.45, 2.75) is 26.2 Å². The molecule has 1 saturated carbocycles. The number of H-pyrrole nitrogens is 1. The Morgan fingerprint density at radius 1 is 1.04 bits per heavy atom. The van der Waals surface area contributed by atoms with Crippen molar-refractivity contribution in [3.63, 3.8) is 0 Å². The number of amides is 2. The molecule has 138 valence electrons. The van der Waals surface area contributed by atoms with Crippen LogP contribution in [0.15, 0.2) is 54.7 Å². The lowest BCUT2D eigenvalue weighted by Crippen LogP contribution is -2.40. The number of nitrogens with one attached hydrogen (secondary N) is 3. The minimum atomic E-state index is -0.912. The van der Waals surface area contributed by atoms with Crippen molar-refractivity contribution < 1.29 is 9.59 Å². The van der Waals surface area contributed by atoms with E-state index in [-0.39, 0.29) is 11.8 Å². The summed E-state index contributed by atoms with van der Waals surface area (Å²) in [6.07, 6.45) is 3.91. The van der Waals surface area contributed by atoms with E-state index in [1.807, 2.05) is 55.6 Å². The summed E-state index contributed by atoms with van der Waals surface area (Å²) in [7, 11) is 0. The maximum Gasteiger partial charge on any atom is 0.240 e. The molecular weight excluding hydrogens is 338 g/mol. The molecule has 0 saturated heterocycles. The molecule has 1 heterocycles. The van der Waals surface area contributed by atoms with Crippen molar-refractivity contribution >= 4 is 28.4 Å². The number of carbonyl (C=O) groups is 2. The van der Waals surface area contributed by atoms with Gasteiger partial charge in [-0.3, -0.25) is 9.59 Å². The Morgan fingerprint density at radius 2 is 1.78 bits per heavy atom. The van der Waals surface area contributed by atoms with Crippen LogP contribution in [0.5, 0.6) is 0 Å². The molecule has 0 atom stereocenters. The van der Waals surface area contributed by atoms with E-state index in [4.69, 9.17) is 0 Å². The number of para-hydroxylation sites is 1. The smallest absolute Gasteiger partial charge is 0.240 e. The van der Waals surface area contributed by atoms with Crippen LogP contribution < -0.4 is 10.6 Å². The second-order valence-corrected chi connectivity index (χ2v) is 7.27. The summed E-state index contributed by atoms with van der Waals surface area (Å²) >= 11 is 0. The monoisotopic (exact) mass is 361 g/mol. The van der Waals surface area contributed by atoms with Crippen molar-refractivity contribution in [1.29, 1.82) is 0 Å². The molecule has 0 unspecified atom stereocenters. The molecule has 4 rings (SSSR count). The fourth-order valence-electron chi connectivity index (χ4n) is 3.39. The Balaban J connectivity index is 1.34. The molecule has 5 nitrogen and oxygen atoms in total. The van der Waals surface area contributed by atoms with Gasteiger partial charge in [-0.15, -0.1) is 0 Å². The number of rotatable bonds is 6. The summed E-state index contributed by atoms with van der Waals surface area (Å²) in [6.45, 7) is 2.51. The second kappa shape index (κ2) is 6.91. The van der Waals surface area contributed by atoms with Crippen LogP contribution in [0.25, 0.3) is 10.9 Å². The highest BCUT2D eigenvalue weighted by molar-refractivity contribution is 6.13. The van der Waals surface area contributed by atoms with Crippen LogP contribution in [0.2, 0.25) is 0 Å². The number of aromatic nitrogens is 1. The third kappa shape index (κ3) is 3.45. The molecule has 0 aliphatic heterocycles. The number of aryl methyl sites for hydroxylation is 1. The summed E-state index contributed by atoms with van der Waals surface area (Å²) in [6, 6.07) is 15.7. The van der Waals surface area contributed by atoms with E-state index in [9.17, 15) is 9.59 Å². The lowest BCUT2D eigenvalue weighted by Gasteiger charge is -2.15. The number of anilines is 1. The molecule has 27 heavy (non-hydrogen) atoms. The van der Waals surface area contributed by atoms with E-state index >= 15 is 0 Å². The maximum absolute atomic E-state index is 12.6. The van der Waals surface area contributed by atoms with Gasteiger partial charge in [0, 0.05) is 29.3 Å². The first kappa shape index (κ1) is 17.3. The molecule has 1 fully saturated rings. The van der Waals surface area contributed by atoms with Gasteiger partial charge in [0.1, 0.15) is 5.41 Å². The fourth-order valence-corrected chi connectivity index (χ4v) is 3.39. The van der Waals surface area contributed by atoms with Gasteiger partial charge >= 0.3 is 0 Å². The summed E-state index contributed by atoms with van der Waals surface area (Å²) in [5.41, 5.74) is 3.20. The largest absolute Gasteiger partial charge is 0.361 e. The zero-order valence-electron chi connectivity index (χ0n) is 15.3. The highest BCUT2D eigenvalue weighted by atomic mass is 16.2. The van der Waals surface area contributed by atoms with E-state index in [2.05, 4.69) is 21.7 Å². The molecule has 0 spiro atoms. The zero-order valence-corrected chi connectivity index (χ0v) is 15.3. The van der Waals surface area contributed by atoms with E-state index in [1.54, 1.807) is 0 Å². The molecule has 0 radical (unpaired) electrons. The van der Waals surface area contributed by atoms with Gasteiger partial charge in [-0.05, 0) is 49.9 Å². The molecule has 2 aromatic carbocycles. The van der Waals surface area contributed by atoms with E-state index in [1.165, 1.54) is 10.9 Å². The van der Waals surface area contributed by atoms with Crippen LogP contribution in [0.3, 0.4) is 0 Å². The Hall–Kier alpha value is -3.08. The Morgan fingerprint density at radius 3 is 2.52 bits per heavy atom. The first-order chi connectivity index (χ1) is 13.1. The van der Waals surface area contributed by atoms with E-state index in [0.29, 0.717) is 19.4 Å². The van der Waals surface area contributed by atoms with E-state index < -0.39 is 5.41 Å². The van der Waals surface area contributed by atoms with Crippen molar-refractivity contribution in [2.24, 2.45) is 5.41 Å². The van der Waals surface area contributed by atoms with Crippen LogP contribution in [-0.4, -0.2) is 23.3 Å². The van der Waals surface area contributed by atoms with E-state index in [0.717, 1.165) is 23.2 Å². The third-order valence-corrected chi connectivity index (χ3v) is 5.28. The van der Waals surface area contributed by atoms with Gasteiger partial charge in [0.05, 0.1) is 0 Å². The zero-order chi connectivity index (χ0) is 18.9. The summed E-state index contributed by atoms with van der Waals surface area (Å²) in [5, 5.41) is 7.00. The Labute approximate surface area is 158 Å². The number of fused-ring (bicyclic) bond motifs is 1. The minimum absolute atomic E-state index is 0.174. The Bertz CT molecular complexity index is 984. The molecule has 2 amide bonds. The second-order valence-electron chi connectivity index (χ2n) is 7.27. The van der Waals surface area contributed by atoms with Gasteiger partial charge in [-0.2, -0.15) is 0 Å². The van der Waals surface area contributed by atoms with Gasteiger partial charge in [-0.1, -0.05) is 35.9 Å². The summed E-state index contributed by atoms with van der Waals surface area (Å²) in [4.78, 5) is 28.5. The van der Waals surface area contributed by atoms with Crippen LogP contribution in [-0.2, 0) is 16.0 Å². The molecule has 1 aliphatic carbocycles. The minimum Gasteiger partial charge on any atom is -0.361 e. The summed E-state index contributed by atoms with van der Waals surface area (Å²) < 4.78 is 0. The van der Waals surface area contributed by atoms with Crippen LogP contribution in [0.4, 0.5) is 5.69 Å². The standard InChI is InChI=1S/C22H23N3O2/c1-15-6-8-17(9-7-15)25-21(27)22(11-12-22)20(26)23-13-10-16-14-24-19-5-3-2-4-18(16)19/h2-9,14,24H,10-13H2,1H3,(H,23,26)(H,25,27). The molecule has 1 aromatic heterocycles. The lowest BCUT2D eigenvalue weighted by molar-refractivity contribution is -0.134. The van der Waals surface area contributed by atoms with Crippen LogP contribution >= 0.6 is 0 Å². The number of hydrogen-bond acceptors (Lipinski definition) is 2. The molecule has 0 bridgehead atoms. The fraction of sp³-hybridized carbons (Fsp3) is 0.273. The number of aromatic amines is 1. The quantitative estimate of drug-likeness (QED) is 0.587. The predicted molar refractivity (Wildman–Crippen MR) is 106 cm³/mol. The first-order valence-corrected chi connectivity index (χ1v) is 9.30. The van der Waals surface area contributed by atoms with Crippen LogP contribution in [0.1, 0.15) is 24.0 Å². The SMILES string of the molecule is Cc1ccc(NC(=O)C2(C(=O)NCCc3c[nH]c4ccccc34)CC2)cc1. The molecular formula is C22H23N3O2. The summed E-state index contributed by atoms with van der Waals surface area (Å²) in [5.74, 6) is -0.386. The maximum atomic E-state index is 12.6. The van der Waals surface area contributed by atoms with Crippen LogP contribution in [0, 0.1) is 12.3 Å². The predicted octanol–water partition coefficient (Wildman–Crippen LogP) is 3.55. The average Bonchev–Trinajstić information content (AvgIpc) is 3.40. The van der Waals surface area contributed by atoms with Crippen molar-refractivity contribution in [3.05, 3.63) is 65.9 Å². The number of benzene rings is 2. The van der Waals surface area contributed by atoms with Gasteiger partial charge in [0.2, 0.25) is 11.8 Å².